The van der Waals surface area contributed by atoms with Gasteiger partial charge in [-0.05, 0) is 117 Å². The normalized spacial score (nSPS) is 52.2. The van der Waals surface area contributed by atoms with Crippen LogP contribution < -0.4 is 0 Å². The Labute approximate surface area is 270 Å². The van der Waals surface area contributed by atoms with E-state index in [0.29, 0.717) is 25.7 Å². The van der Waals surface area contributed by atoms with Gasteiger partial charge in [-0.2, -0.15) is 0 Å². The summed E-state index contributed by atoms with van der Waals surface area (Å²) in [6, 6.07) is 0. The molecule has 4 saturated carbocycles. The fourth-order valence-corrected chi connectivity index (χ4v) is 11.9. The molecule has 0 spiro atoms. The number of aliphatic hydroxyl groups excluding tert-OH is 6. The number of rotatable bonds is 7. The standard InChI is InChI=1S/C36H62O9/c1-19(2)10-9-13-36(8,43)20-11-15-34(6)26(20)21(38)16-24-33(5)14-12-25(39)32(3,4)30(33)22(17-35(24,34)7)44-31-29(42)28(41)27(40)23(18-37)45-31/h10,20-31,37-43H,9,11-18H2,1-8H3/t20-,21-,22+,23+,24+,25+,26-,27+,28-,29-,30-,31+,33+,34-,35+,36+/m0/s1. The van der Waals surface area contributed by atoms with Gasteiger partial charge < -0.3 is 45.2 Å². The van der Waals surface area contributed by atoms with E-state index in [1.807, 2.05) is 6.92 Å². The van der Waals surface area contributed by atoms with Crippen LogP contribution in [0.5, 0.6) is 0 Å². The van der Waals surface area contributed by atoms with E-state index >= 15 is 0 Å². The van der Waals surface area contributed by atoms with Gasteiger partial charge in [0.2, 0.25) is 0 Å². The van der Waals surface area contributed by atoms with Crippen LogP contribution in [0.15, 0.2) is 11.6 Å². The van der Waals surface area contributed by atoms with Crippen LogP contribution >= 0.6 is 0 Å². The molecule has 9 heteroatoms. The maximum atomic E-state index is 12.1. The summed E-state index contributed by atoms with van der Waals surface area (Å²) in [7, 11) is 0. The highest BCUT2D eigenvalue weighted by atomic mass is 16.7. The summed E-state index contributed by atoms with van der Waals surface area (Å²) in [6.07, 6.45) is -0.603. The zero-order valence-electron chi connectivity index (χ0n) is 28.8. The van der Waals surface area contributed by atoms with E-state index in [2.05, 4.69) is 54.5 Å². The van der Waals surface area contributed by atoms with Crippen molar-refractivity contribution < 1.29 is 45.2 Å². The molecule has 0 aromatic carbocycles. The first-order chi connectivity index (χ1) is 20.8. The van der Waals surface area contributed by atoms with Gasteiger partial charge in [0.25, 0.3) is 0 Å². The number of aliphatic hydroxyl groups is 7. The second kappa shape index (κ2) is 12.1. The van der Waals surface area contributed by atoms with Crippen molar-refractivity contribution in [1.82, 2.24) is 0 Å². The van der Waals surface area contributed by atoms with Crippen molar-refractivity contribution in [3.05, 3.63) is 11.6 Å². The Balaban J connectivity index is 1.54. The fraction of sp³-hybridized carbons (Fsp3) is 0.944. The number of fused-ring (bicyclic) bond motifs is 5. The molecule has 0 aromatic rings. The molecule has 5 fully saturated rings. The van der Waals surface area contributed by atoms with Crippen LogP contribution in [-0.2, 0) is 9.47 Å². The van der Waals surface area contributed by atoms with Crippen LogP contribution in [0, 0.1) is 45.3 Å². The molecule has 0 unspecified atom stereocenters. The molecule has 45 heavy (non-hydrogen) atoms. The monoisotopic (exact) mass is 638 g/mol. The smallest absolute Gasteiger partial charge is 0.186 e. The second-order valence-corrected chi connectivity index (χ2v) is 17.5. The summed E-state index contributed by atoms with van der Waals surface area (Å²) in [6.45, 7) is 16.6. The summed E-state index contributed by atoms with van der Waals surface area (Å²) >= 11 is 0. The third kappa shape index (κ3) is 5.48. The molecule has 260 valence electrons. The molecule has 1 saturated heterocycles. The van der Waals surface area contributed by atoms with Gasteiger partial charge in [-0.15, -0.1) is 0 Å². The second-order valence-electron chi connectivity index (χ2n) is 17.5. The molecular formula is C36H62O9. The van der Waals surface area contributed by atoms with Crippen molar-refractivity contribution in [1.29, 1.82) is 0 Å². The average molecular weight is 639 g/mol. The summed E-state index contributed by atoms with van der Waals surface area (Å²) in [5, 5.41) is 77.2. The quantitative estimate of drug-likeness (QED) is 0.164. The molecule has 0 aromatic heterocycles. The van der Waals surface area contributed by atoms with E-state index in [1.54, 1.807) is 0 Å². The van der Waals surface area contributed by atoms with Gasteiger partial charge in [0.15, 0.2) is 6.29 Å². The molecule has 0 radical (unpaired) electrons. The molecule has 1 heterocycles. The minimum absolute atomic E-state index is 0.0548. The summed E-state index contributed by atoms with van der Waals surface area (Å²) < 4.78 is 12.6. The lowest BCUT2D eigenvalue weighted by Crippen LogP contribution is -2.71. The fourth-order valence-electron chi connectivity index (χ4n) is 11.9. The van der Waals surface area contributed by atoms with Gasteiger partial charge in [0, 0.05) is 0 Å². The van der Waals surface area contributed by atoms with Crippen molar-refractivity contribution in [2.24, 2.45) is 45.3 Å². The summed E-state index contributed by atoms with van der Waals surface area (Å²) in [4.78, 5) is 0. The molecule has 16 atom stereocenters. The van der Waals surface area contributed by atoms with Crippen LogP contribution in [0.3, 0.4) is 0 Å². The highest BCUT2D eigenvalue weighted by Crippen LogP contribution is 2.76. The van der Waals surface area contributed by atoms with Crippen molar-refractivity contribution in [2.75, 3.05) is 6.61 Å². The Kier molecular flexibility index (Phi) is 9.56. The zero-order valence-corrected chi connectivity index (χ0v) is 28.8. The van der Waals surface area contributed by atoms with Crippen molar-refractivity contribution in [3.8, 4) is 0 Å². The maximum absolute atomic E-state index is 12.1. The predicted octanol–water partition coefficient (Wildman–Crippen LogP) is 3.30. The SMILES string of the molecule is CC(C)=CCC[C@@](C)(O)[C@H]1CC[C@@]2(C)[C@@H]1[C@@H](O)C[C@@H]1[C@@]3(C)CC[C@@H](O)C(C)(C)[C@@H]3[C@H](O[C@@H]3O[C@H](CO)[C@@H](O)[C@H](O)[C@@H]3O)C[C@]12C. The zero-order chi connectivity index (χ0) is 33.5. The lowest BCUT2D eigenvalue weighted by molar-refractivity contribution is -0.346. The summed E-state index contributed by atoms with van der Waals surface area (Å²) in [5.41, 5.74) is -1.21. The minimum Gasteiger partial charge on any atom is -0.394 e. The molecule has 0 bridgehead atoms. The summed E-state index contributed by atoms with van der Waals surface area (Å²) in [5.74, 6) is -0.186. The first kappa shape index (κ1) is 35.7. The maximum Gasteiger partial charge on any atom is 0.186 e. The molecule has 9 nitrogen and oxygen atoms in total. The number of hydrogen-bond acceptors (Lipinski definition) is 9. The Bertz CT molecular complexity index is 1100. The molecule has 4 aliphatic carbocycles. The van der Waals surface area contributed by atoms with E-state index < -0.39 is 66.6 Å². The lowest BCUT2D eigenvalue weighted by Gasteiger charge is -2.72. The highest BCUT2D eigenvalue weighted by Gasteiger charge is 2.73. The van der Waals surface area contributed by atoms with Gasteiger partial charge in [-0.1, -0.05) is 46.3 Å². The molecule has 1 aliphatic heterocycles. The van der Waals surface area contributed by atoms with Crippen molar-refractivity contribution >= 4 is 0 Å². The van der Waals surface area contributed by atoms with Gasteiger partial charge in [0.05, 0.1) is 30.5 Å². The predicted molar refractivity (Wildman–Crippen MR) is 170 cm³/mol. The van der Waals surface area contributed by atoms with Gasteiger partial charge in [-0.3, -0.25) is 0 Å². The third-order valence-electron chi connectivity index (χ3n) is 14.4. The largest absolute Gasteiger partial charge is 0.394 e. The van der Waals surface area contributed by atoms with E-state index in [-0.39, 0.29) is 39.9 Å². The Morgan fingerprint density at radius 1 is 0.933 bits per heavy atom. The highest BCUT2D eigenvalue weighted by molar-refractivity contribution is 5.22. The van der Waals surface area contributed by atoms with Crippen LogP contribution in [-0.4, -0.2) is 97.0 Å². The van der Waals surface area contributed by atoms with E-state index in [4.69, 9.17) is 9.47 Å². The van der Waals surface area contributed by atoms with Gasteiger partial charge >= 0.3 is 0 Å². The molecule has 5 rings (SSSR count). The number of allylic oxidation sites excluding steroid dienone is 2. The molecular weight excluding hydrogens is 576 g/mol. The van der Waals surface area contributed by atoms with Crippen LogP contribution in [0.1, 0.15) is 107 Å². The first-order valence-electron chi connectivity index (χ1n) is 17.4. The Hall–Kier alpha value is -0.620. The topological polar surface area (TPSA) is 160 Å². The Morgan fingerprint density at radius 2 is 1.60 bits per heavy atom. The molecule has 0 amide bonds. The van der Waals surface area contributed by atoms with Crippen LogP contribution in [0.2, 0.25) is 0 Å². The molecule has 7 N–H and O–H groups in total. The first-order valence-corrected chi connectivity index (χ1v) is 17.4. The average Bonchev–Trinajstić information content (AvgIpc) is 3.33. The van der Waals surface area contributed by atoms with Crippen molar-refractivity contribution in [3.63, 3.8) is 0 Å². The van der Waals surface area contributed by atoms with Crippen LogP contribution in [0.25, 0.3) is 0 Å². The van der Waals surface area contributed by atoms with E-state index in [1.165, 1.54) is 5.57 Å². The van der Waals surface area contributed by atoms with Crippen LogP contribution in [0.4, 0.5) is 0 Å². The van der Waals surface area contributed by atoms with E-state index in [0.717, 1.165) is 25.7 Å². The van der Waals surface area contributed by atoms with E-state index in [9.17, 15) is 35.7 Å². The number of ether oxygens (including phenoxy) is 2. The molecule has 5 aliphatic rings. The van der Waals surface area contributed by atoms with Gasteiger partial charge in [-0.25, -0.2) is 0 Å². The lowest BCUT2D eigenvalue weighted by atomic mass is 9.34. The number of hydrogen-bond donors (Lipinski definition) is 7. The third-order valence-corrected chi connectivity index (χ3v) is 14.4. The van der Waals surface area contributed by atoms with Crippen molar-refractivity contribution in [2.45, 2.75) is 161 Å². The van der Waals surface area contributed by atoms with Gasteiger partial charge in [0.1, 0.15) is 24.4 Å². The minimum atomic E-state index is -1.54. The Morgan fingerprint density at radius 3 is 2.22 bits per heavy atom.